The summed E-state index contributed by atoms with van der Waals surface area (Å²) in [6.45, 7) is 2.50. The van der Waals surface area contributed by atoms with Gasteiger partial charge in [0, 0.05) is 23.8 Å². The van der Waals surface area contributed by atoms with Gasteiger partial charge in [-0.05, 0) is 37.5 Å². The number of halogens is 1. The lowest BCUT2D eigenvalue weighted by molar-refractivity contribution is 0.200. The zero-order valence-corrected chi connectivity index (χ0v) is 13.2. The first-order chi connectivity index (χ1) is 9.77. The molecule has 1 aromatic rings. The summed E-state index contributed by atoms with van der Waals surface area (Å²) < 4.78 is 22.8. The van der Waals surface area contributed by atoms with Gasteiger partial charge in [-0.1, -0.05) is 17.7 Å². The smallest absolute Gasteiger partial charge is 0.321 e. The first-order valence-electron chi connectivity index (χ1n) is 6.61. The maximum Gasteiger partial charge on any atom is 0.321 e. The summed E-state index contributed by atoms with van der Waals surface area (Å²) in [6, 6.07) is 4.88. The van der Waals surface area contributed by atoms with Crippen LogP contribution in [0.5, 0.6) is 0 Å². The lowest BCUT2D eigenvalue weighted by Crippen LogP contribution is -2.48. The largest absolute Gasteiger partial charge is 0.323 e. The maximum absolute atomic E-state index is 12.2. The predicted molar refractivity (Wildman–Crippen MR) is 82.9 cm³/mol. The minimum absolute atomic E-state index is 0.115. The van der Waals surface area contributed by atoms with E-state index >= 15 is 0 Å². The Kier molecular flexibility index (Phi) is 4.75. The number of hydrogen-bond donors (Lipinski definition) is 2. The molecule has 1 atom stereocenters. The molecule has 1 aliphatic rings. The average Bonchev–Trinajstić information content (AvgIpc) is 2.42. The van der Waals surface area contributed by atoms with Crippen molar-refractivity contribution in [1.29, 1.82) is 0 Å². The number of nitrogens with zero attached hydrogens (tertiary/aromatic N) is 1. The van der Waals surface area contributed by atoms with E-state index in [2.05, 4.69) is 5.32 Å². The van der Waals surface area contributed by atoms with E-state index in [0.717, 1.165) is 5.56 Å². The van der Waals surface area contributed by atoms with Gasteiger partial charge < -0.3 is 10.2 Å². The number of rotatable bonds is 2. The van der Waals surface area contributed by atoms with Crippen LogP contribution in [0.2, 0.25) is 5.02 Å². The van der Waals surface area contributed by atoms with Gasteiger partial charge in [-0.15, -0.1) is 0 Å². The normalized spacial score (nSPS) is 19.4. The van der Waals surface area contributed by atoms with Crippen LogP contribution in [0.15, 0.2) is 18.2 Å². The molecule has 1 saturated heterocycles. The van der Waals surface area contributed by atoms with E-state index in [0.29, 0.717) is 30.1 Å². The SMILES string of the molecule is Cc1ccc(NC(=O)N2CCCC(S(N)(=O)=O)C2)cc1Cl. The molecule has 1 fully saturated rings. The highest BCUT2D eigenvalue weighted by Gasteiger charge is 2.30. The molecule has 0 saturated carbocycles. The van der Waals surface area contributed by atoms with Crippen molar-refractivity contribution in [2.45, 2.75) is 25.0 Å². The van der Waals surface area contributed by atoms with Crippen molar-refractivity contribution in [2.24, 2.45) is 5.14 Å². The van der Waals surface area contributed by atoms with E-state index in [9.17, 15) is 13.2 Å². The van der Waals surface area contributed by atoms with Crippen LogP contribution in [0.25, 0.3) is 0 Å². The first-order valence-corrected chi connectivity index (χ1v) is 8.60. The number of nitrogens with one attached hydrogen (secondary N) is 1. The zero-order valence-electron chi connectivity index (χ0n) is 11.7. The quantitative estimate of drug-likeness (QED) is 0.867. The number of carbonyl (C=O) groups is 1. The lowest BCUT2D eigenvalue weighted by Gasteiger charge is -2.31. The van der Waals surface area contributed by atoms with Gasteiger partial charge in [0.05, 0.1) is 5.25 Å². The summed E-state index contributed by atoms with van der Waals surface area (Å²) >= 11 is 6.01. The van der Waals surface area contributed by atoms with E-state index in [1.807, 2.05) is 6.92 Å². The number of nitrogens with two attached hydrogens (primary N) is 1. The summed E-state index contributed by atoms with van der Waals surface area (Å²) in [5.74, 6) is 0. The fourth-order valence-electron chi connectivity index (χ4n) is 2.26. The molecule has 116 valence electrons. The molecule has 0 bridgehead atoms. The molecule has 1 unspecified atom stereocenters. The van der Waals surface area contributed by atoms with Crippen molar-refractivity contribution < 1.29 is 13.2 Å². The topological polar surface area (TPSA) is 92.5 Å². The first kappa shape index (κ1) is 16.1. The summed E-state index contributed by atoms with van der Waals surface area (Å²) in [5.41, 5.74) is 1.50. The van der Waals surface area contributed by atoms with Crippen molar-refractivity contribution in [3.63, 3.8) is 0 Å². The maximum atomic E-state index is 12.2. The number of urea groups is 1. The van der Waals surface area contributed by atoms with E-state index in [-0.39, 0.29) is 12.6 Å². The Morgan fingerprint density at radius 3 is 2.81 bits per heavy atom. The van der Waals surface area contributed by atoms with Crippen LogP contribution in [0.1, 0.15) is 18.4 Å². The van der Waals surface area contributed by atoms with Gasteiger partial charge >= 0.3 is 6.03 Å². The van der Waals surface area contributed by atoms with Crippen LogP contribution < -0.4 is 10.5 Å². The molecule has 0 radical (unpaired) electrons. The number of primary sulfonamides is 1. The van der Waals surface area contributed by atoms with Gasteiger partial charge in [0.25, 0.3) is 0 Å². The molecular formula is C13H18ClN3O3S. The van der Waals surface area contributed by atoms with Crippen LogP contribution >= 0.6 is 11.6 Å². The highest BCUT2D eigenvalue weighted by Crippen LogP contribution is 2.21. The van der Waals surface area contributed by atoms with Gasteiger partial charge in [0.1, 0.15) is 0 Å². The van der Waals surface area contributed by atoms with Crippen LogP contribution in [0.4, 0.5) is 10.5 Å². The van der Waals surface area contributed by atoms with Crippen molar-refractivity contribution in [1.82, 2.24) is 4.90 Å². The molecule has 0 spiro atoms. The fourth-order valence-corrected chi connectivity index (χ4v) is 3.33. The third-order valence-corrected chi connectivity index (χ3v) is 5.27. The van der Waals surface area contributed by atoms with Gasteiger partial charge in [0.15, 0.2) is 0 Å². The highest BCUT2D eigenvalue weighted by atomic mass is 35.5. The second kappa shape index (κ2) is 6.21. The summed E-state index contributed by atoms with van der Waals surface area (Å²) in [5, 5.41) is 7.74. The standard InChI is InChI=1S/C13H18ClN3O3S/c1-9-4-5-10(7-12(9)14)16-13(18)17-6-2-3-11(8-17)21(15,19)20/h4-5,7,11H,2-3,6,8H2,1H3,(H,16,18)(H2,15,19,20). The minimum Gasteiger partial charge on any atom is -0.323 e. The average molecular weight is 332 g/mol. The van der Waals surface area contributed by atoms with E-state index in [4.69, 9.17) is 16.7 Å². The monoisotopic (exact) mass is 331 g/mol. The minimum atomic E-state index is -3.62. The van der Waals surface area contributed by atoms with Gasteiger partial charge in [0.2, 0.25) is 10.0 Å². The molecule has 0 aliphatic carbocycles. The molecule has 21 heavy (non-hydrogen) atoms. The Morgan fingerprint density at radius 1 is 1.48 bits per heavy atom. The van der Waals surface area contributed by atoms with Gasteiger partial charge in [-0.2, -0.15) is 0 Å². The van der Waals surface area contributed by atoms with E-state index in [1.165, 1.54) is 4.90 Å². The van der Waals surface area contributed by atoms with E-state index in [1.54, 1.807) is 18.2 Å². The predicted octanol–water partition coefficient (Wildman–Crippen LogP) is 1.93. The third-order valence-electron chi connectivity index (χ3n) is 3.55. The van der Waals surface area contributed by atoms with Gasteiger partial charge in [-0.3, -0.25) is 0 Å². The molecule has 0 aromatic heterocycles. The number of likely N-dealkylation sites (tertiary alicyclic amines) is 1. The Morgan fingerprint density at radius 2 is 2.19 bits per heavy atom. The Hall–Kier alpha value is -1.31. The number of carbonyl (C=O) groups excluding carboxylic acids is 1. The Bertz CT molecular complexity index is 648. The Balaban J connectivity index is 2.04. The summed E-state index contributed by atoms with van der Waals surface area (Å²) in [4.78, 5) is 13.6. The second-order valence-electron chi connectivity index (χ2n) is 5.19. The zero-order chi connectivity index (χ0) is 15.6. The second-order valence-corrected chi connectivity index (χ2v) is 7.45. The fraction of sp³-hybridized carbons (Fsp3) is 0.462. The molecule has 8 heteroatoms. The molecule has 2 rings (SSSR count). The van der Waals surface area contributed by atoms with Crippen molar-refractivity contribution in [3.05, 3.63) is 28.8 Å². The number of benzene rings is 1. The molecule has 3 N–H and O–H groups in total. The summed E-state index contributed by atoms with van der Waals surface area (Å²) in [6.07, 6.45) is 1.10. The molecule has 2 amide bonds. The number of piperidine rings is 1. The third kappa shape index (κ3) is 4.09. The summed E-state index contributed by atoms with van der Waals surface area (Å²) in [7, 11) is -3.62. The number of hydrogen-bond acceptors (Lipinski definition) is 3. The number of anilines is 1. The molecular weight excluding hydrogens is 314 g/mol. The lowest BCUT2D eigenvalue weighted by atomic mass is 10.1. The van der Waals surface area contributed by atoms with Gasteiger partial charge in [-0.25, -0.2) is 18.4 Å². The molecule has 1 heterocycles. The van der Waals surface area contributed by atoms with Crippen LogP contribution in [-0.4, -0.2) is 37.7 Å². The van der Waals surface area contributed by atoms with Crippen LogP contribution in [0, 0.1) is 6.92 Å². The number of amides is 2. The number of sulfonamides is 1. The number of aryl methyl sites for hydroxylation is 1. The van der Waals surface area contributed by atoms with Crippen molar-refractivity contribution in [3.8, 4) is 0 Å². The van der Waals surface area contributed by atoms with Crippen LogP contribution in [-0.2, 0) is 10.0 Å². The molecule has 1 aliphatic heterocycles. The highest BCUT2D eigenvalue weighted by molar-refractivity contribution is 7.89. The Labute approximate surface area is 129 Å². The van der Waals surface area contributed by atoms with Crippen molar-refractivity contribution >= 4 is 33.3 Å². The van der Waals surface area contributed by atoms with Crippen LogP contribution in [0.3, 0.4) is 0 Å². The molecule has 6 nitrogen and oxygen atoms in total. The molecule has 1 aromatic carbocycles. The van der Waals surface area contributed by atoms with Crippen molar-refractivity contribution in [2.75, 3.05) is 18.4 Å². The van der Waals surface area contributed by atoms with E-state index < -0.39 is 15.3 Å².